The molecule has 1 aliphatic heterocycles. The molecule has 0 unspecified atom stereocenters. The highest BCUT2D eigenvalue weighted by molar-refractivity contribution is 6.33. The standard InChI is InChI=1S/C22H24ClN5O2/c1-15-7-8-19(16(2)13-15)24-22(29)28-11-9-27(10-12-28)14-20-25-21(30-26-20)17-5-3-4-6-18(17)23/h3-8,13H,9-12,14H2,1-2H3,(H,24,29). The van der Waals surface area contributed by atoms with Gasteiger partial charge in [0, 0.05) is 31.9 Å². The highest BCUT2D eigenvalue weighted by Crippen LogP contribution is 2.26. The number of urea groups is 1. The van der Waals surface area contributed by atoms with Gasteiger partial charge in [0.1, 0.15) is 0 Å². The lowest BCUT2D eigenvalue weighted by atomic mass is 10.1. The maximum atomic E-state index is 12.6. The number of anilines is 1. The number of hydrogen-bond donors (Lipinski definition) is 1. The Kier molecular flexibility index (Phi) is 6.01. The van der Waals surface area contributed by atoms with Crippen molar-refractivity contribution in [3.8, 4) is 11.5 Å². The minimum Gasteiger partial charge on any atom is -0.334 e. The lowest BCUT2D eigenvalue weighted by Gasteiger charge is -2.34. The highest BCUT2D eigenvalue weighted by atomic mass is 35.5. The van der Waals surface area contributed by atoms with Crippen LogP contribution in [0, 0.1) is 13.8 Å². The fourth-order valence-electron chi connectivity index (χ4n) is 3.52. The fourth-order valence-corrected chi connectivity index (χ4v) is 3.74. The number of amides is 2. The molecule has 1 saturated heterocycles. The number of nitrogens with one attached hydrogen (secondary N) is 1. The monoisotopic (exact) mass is 425 g/mol. The average molecular weight is 426 g/mol. The smallest absolute Gasteiger partial charge is 0.321 e. The van der Waals surface area contributed by atoms with E-state index in [2.05, 4.69) is 26.4 Å². The molecule has 8 heteroatoms. The van der Waals surface area contributed by atoms with Crippen LogP contribution in [-0.4, -0.2) is 52.2 Å². The number of aryl methyl sites for hydroxylation is 2. The van der Waals surface area contributed by atoms with Crippen LogP contribution < -0.4 is 5.32 Å². The molecule has 2 aromatic carbocycles. The molecule has 156 valence electrons. The third kappa shape index (κ3) is 4.63. The second-order valence-electron chi connectivity index (χ2n) is 7.51. The third-order valence-corrected chi connectivity index (χ3v) is 5.55. The van der Waals surface area contributed by atoms with E-state index in [9.17, 15) is 4.79 Å². The number of rotatable bonds is 4. The Morgan fingerprint density at radius 3 is 2.63 bits per heavy atom. The van der Waals surface area contributed by atoms with E-state index in [1.807, 2.05) is 49.1 Å². The molecule has 1 aromatic heterocycles. The molecule has 7 nitrogen and oxygen atoms in total. The van der Waals surface area contributed by atoms with E-state index in [-0.39, 0.29) is 6.03 Å². The van der Waals surface area contributed by atoms with Crippen molar-refractivity contribution in [1.82, 2.24) is 19.9 Å². The van der Waals surface area contributed by atoms with Gasteiger partial charge in [0.25, 0.3) is 5.89 Å². The van der Waals surface area contributed by atoms with Gasteiger partial charge in [-0.3, -0.25) is 4.90 Å². The van der Waals surface area contributed by atoms with Crippen molar-refractivity contribution >= 4 is 23.3 Å². The topological polar surface area (TPSA) is 74.5 Å². The number of carbonyl (C=O) groups is 1. The number of halogens is 1. The summed E-state index contributed by atoms with van der Waals surface area (Å²) < 4.78 is 5.37. The maximum Gasteiger partial charge on any atom is 0.321 e. The molecule has 1 fully saturated rings. The summed E-state index contributed by atoms with van der Waals surface area (Å²) >= 11 is 6.20. The molecular formula is C22H24ClN5O2. The van der Waals surface area contributed by atoms with Gasteiger partial charge in [0.15, 0.2) is 5.82 Å². The normalized spacial score (nSPS) is 14.7. The molecule has 0 atom stereocenters. The van der Waals surface area contributed by atoms with Crippen LogP contribution in [0.5, 0.6) is 0 Å². The van der Waals surface area contributed by atoms with Crippen LogP contribution in [0.25, 0.3) is 11.5 Å². The summed E-state index contributed by atoms with van der Waals surface area (Å²) in [7, 11) is 0. The molecule has 0 aliphatic carbocycles. The van der Waals surface area contributed by atoms with Crippen LogP contribution >= 0.6 is 11.6 Å². The van der Waals surface area contributed by atoms with E-state index in [0.717, 1.165) is 29.9 Å². The fraction of sp³-hybridized carbons (Fsp3) is 0.318. The van der Waals surface area contributed by atoms with Gasteiger partial charge in [-0.2, -0.15) is 4.98 Å². The zero-order chi connectivity index (χ0) is 21.1. The molecule has 30 heavy (non-hydrogen) atoms. The summed E-state index contributed by atoms with van der Waals surface area (Å²) in [4.78, 5) is 21.1. The summed E-state index contributed by atoms with van der Waals surface area (Å²) in [6.45, 7) is 7.40. The van der Waals surface area contributed by atoms with Gasteiger partial charge in [-0.05, 0) is 37.6 Å². The van der Waals surface area contributed by atoms with Crippen LogP contribution in [0.4, 0.5) is 10.5 Å². The van der Waals surface area contributed by atoms with Crippen LogP contribution in [0.1, 0.15) is 17.0 Å². The van der Waals surface area contributed by atoms with E-state index in [1.54, 1.807) is 6.07 Å². The average Bonchev–Trinajstić information content (AvgIpc) is 3.19. The Labute approximate surface area is 180 Å². The first-order valence-corrected chi connectivity index (χ1v) is 10.3. The first-order valence-electron chi connectivity index (χ1n) is 9.92. The molecule has 1 N–H and O–H groups in total. The summed E-state index contributed by atoms with van der Waals surface area (Å²) in [5.41, 5.74) is 3.82. The molecule has 0 saturated carbocycles. The second kappa shape index (κ2) is 8.85. The minimum atomic E-state index is -0.0674. The zero-order valence-corrected chi connectivity index (χ0v) is 17.8. The molecule has 4 rings (SSSR count). The summed E-state index contributed by atoms with van der Waals surface area (Å²) in [5.74, 6) is 1.03. The largest absolute Gasteiger partial charge is 0.334 e. The van der Waals surface area contributed by atoms with Crippen LogP contribution in [0.15, 0.2) is 47.0 Å². The lowest BCUT2D eigenvalue weighted by Crippen LogP contribution is -2.49. The van der Waals surface area contributed by atoms with Gasteiger partial charge < -0.3 is 14.7 Å². The number of nitrogens with zero attached hydrogens (tertiary/aromatic N) is 4. The van der Waals surface area contributed by atoms with E-state index in [1.165, 1.54) is 5.56 Å². The SMILES string of the molecule is Cc1ccc(NC(=O)N2CCN(Cc3noc(-c4ccccc4Cl)n3)CC2)c(C)c1. The highest BCUT2D eigenvalue weighted by Gasteiger charge is 2.23. The predicted molar refractivity (Wildman–Crippen MR) is 117 cm³/mol. The van der Waals surface area contributed by atoms with Crippen molar-refractivity contribution in [3.63, 3.8) is 0 Å². The van der Waals surface area contributed by atoms with Gasteiger partial charge in [-0.25, -0.2) is 4.79 Å². The maximum absolute atomic E-state index is 12.6. The van der Waals surface area contributed by atoms with Crippen LogP contribution in [0.3, 0.4) is 0 Å². The van der Waals surface area contributed by atoms with E-state index < -0.39 is 0 Å². The molecule has 1 aliphatic rings. The minimum absolute atomic E-state index is 0.0674. The molecule has 3 aromatic rings. The number of aromatic nitrogens is 2. The Hall–Kier alpha value is -2.90. The second-order valence-corrected chi connectivity index (χ2v) is 7.91. The van der Waals surface area contributed by atoms with Crippen molar-refractivity contribution in [1.29, 1.82) is 0 Å². The van der Waals surface area contributed by atoms with E-state index in [0.29, 0.717) is 36.4 Å². The Balaban J connectivity index is 1.31. The number of hydrogen-bond acceptors (Lipinski definition) is 5. The van der Waals surface area contributed by atoms with Gasteiger partial charge in [0.05, 0.1) is 17.1 Å². The van der Waals surface area contributed by atoms with Crippen molar-refractivity contribution in [2.45, 2.75) is 20.4 Å². The van der Waals surface area contributed by atoms with Crippen molar-refractivity contribution in [2.75, 3.05) is 31.5 Å². The van der Waals surface area contributed by atoms with Crippen LogP contribution in [-0.2, 0) is 6.54 Å². The Morgan fingerprint density at radius 1 is 1.13 bits per heavy atom. The van der Waals surface area contributed by atoms with E-state index in [4.69, 9.17) is 16.1 Å². The van der Waals surface area contributed by atoms with E-state index >= 15 is 0 Å². The van der Waals surface area contributed by atoms with Gasteiger partial charge >= 0.3 is 6.03 Å². The quantitative estimate of drug-likeness (QED) is 0.672. The van der Waals surface area contributed by atoms with Gasteiger partial charge in [-0.15, -0.1) is 0 Å². The molecule has 0 bridgehead atoms. The first kappa shape index (κ1) is 20.4. The first-order chi connectivity index (χ1) is 14.5. The summed E-state index contributed by atoms with van der Waals surface area (Å²) in [6, 6.07) is 13.3. The van der Waals surface area contributed by atoms with Gasteiger partial charge in [-0.1, -0.05) is 46.6 Å². The molecule has 0 spiro atoms. The van der Waals surface area contributed by atoms with Crippen LogP contribution in [0.2, 0.25) is 5.02 Å². The van der Waals surface area contributed by atoms with Crippen molar-refractivity contribution in [3.05, 3.63) is 64.4 Å². The molecule has 2 heterocycles. The molecule has 0 radical (unpaired) electrons. The molecule has 2 amide bonds. The number of piperazine rings is 1. The summed E-state index contributed by atoms with van der Waals surface area (Å²) in [5, 5.41) is 7.67. The lowest BCUT2D eigenvalue weighted by molar-refractivity contribution is 0.140. The predicted octanol–water partition coefficient (Wildman–Crippen LogP) is 4.36. The third-order valence-electron chi connectivity index (χ3n) is 5.22. The van der Waals surface area contributed by atoms with Gasteiger partial charge in [0.2, 0.25) is 0 Å². The van der Waals surface area contributed by atoms with Crippen molar-refractivity contribution < 1.29 is 9.32 Å². The molecular weight excluding hydrogens is 402 g/mol. The Morgan fingerprint density at radius 2 is 1.90 bits per heavy atom. The number of carbonyl (C=O) groups excluding carboxylic acids is 1. The zero-order valence-electron chi connectivity index (χ0n) is 17.1. The number of benzene rings is 2. The van der Waals surface area contributed by atoms with Crippen molar-refractivity contribution in [2.24, 2.45) is 0 Å². The summed E-state index contributed by atoms with van der Waals surface area (Å²) in [6.07, 6.45) is 0. The Bertz CT molecular complexity index is 1040.